The third-order valence-corrected chi connectivity index (χ3v) is 6.90. The number of hydrogen-bond donors (Lipinski definition) is 3. The number of benzene rings is 3. The van der Waals surface area contributed by atoms with Gasteiger partial charge in [-0.3, -0.25) is 9.89 Å². The minimum atomic E-state index is -1.01. The molecule has 10 heteroatoms. The molecule has 4 aromatic rings. The van der Waals surface area contributed by atoms with Crippen molar-refractivity contribution in [3.63, 3.8) is 0 Å². The summed E-state index contributed by atoms with van der Waals surface area (Å²) in [4.78, 5) is 23.9. The second-order valence-electron chi connectivity index (χ2n) is 8.69. The molecule has 7 nitrogen and oxygen atoms in total. The summed E-state index contributed by atoms with van der Waals surface area (Å²) in [6, 6.07) is 18.4. The quantitative estimate of drug-likeness (QED) is 0.200. The number of aromatic carboxylic acids is 1. The first-order valence-corrected chi connectivity index (χ1v) is 12.8. The van der Waals surface area contributed by atoms with Crippen LogP contribution in [0.3, 0.4) is 0 Å². The molecule has 196 valence electrons. The molecule has 0 saturated carbocycles. The predicted molar refractivity (Wildman–Crippen MR) is 148 cm³/mol. The highest BCUT2D eigenvalue weighted by molar-refractivity contribution is 6.35. The monoisotopic (exact) mass is 571 g/mol. The lowest BCUT2D eigenvalue weighted by Gasteiger charge is -2.20. The molecular formula is C28H24Cl3N3O4. The van der Waals surface area contributed by atoms with Gasteiger partial charge in [0.05, 0.1) is 23.0 Å². The molecule has 38 heavy (non-hydrogen) atoms. The van der Waals surface area contributed by atoms with Gasteiger partial charge in [0.15, 0.2) is 0 Å². The molecule has 0 aliphatic carbocycles. The van der Waals surface area contributed by atoms with Crippen molar-refractivity contribution in [1.29, 1.82) is 0 Å². The fourth-order valence-electron chi connectivity index (χ4n) is 4.03. The molecule has 3 N–H and O–H groups in total. The van der Waals surface area contributed by atoms with Gasteiger partial charge >= 0.3 is 5.97 Å². The Morgan fingerprint density at radius 3 is 2.29 bits per heavy atom. The van der Waals surface area contributed by atoms with Crippen molar-refractivity contribution in [3.8, 4) is 11.3 Å². The van der Waals surface area contributed by atoms with Gasteiger partial charge in [-0.25, -0.2) is 4.79 Å². The van der Waals surface area contributed by atoms with E-state index in [-0.39, 0.29) is 24.1 Å². The lowest BCUT2D eigenvalue weighted by Crippen LogP contribution is -2.31. The molecule has 4 rings (SSSR count). The number of carboxylic acid groups (broad SMARTS) is 1. The van der Waals surface area contributed by atoms with E-state index >= 15 is 0 Å². The lowest BCUT2D eigenvalue weighted by molar-refractivity contribution is -0.127. The number of aromatic amines is 1. The van der Waals surface area contributed by atoms with Crippen molar-refractivity contribution in [2.75, 3.05) is 6.61 Å². The Morgan fingerprint density at radius 2 is 1.66 bits per heavy atom. The zero-order valence-electron chi connectivity index (χ0n) is 20.5. The summed E-state index contributed by atoms with van der Waals surface area (Å²) in [5.74, 6) is -1.37. The number of halogens is 3. The van der Waals surface area contributed by atoms with Crippen LogP contribution in [-0.2, 0) is 9.53 Å². The molecule has 0 aliphatic heterocycles. The molecule has 3 aromatic carbocycles. The number of hydrogen-bond acceptors (Lipinski definition) is 4. The summed E-state index contributed by atoms with van der Waals surface area (Å²) in [6.45, 7) is 3.44. The number of nitrogens with zero attached hydrogens (tertiary/aromatic N) is 1. The molecule has 0 aliphatic rings. The van der Waals surface area contributed by atoms with Crippen molar-refractivity contribution in [2.45, 2.75) is 26.0 Å². The van der Waals surface area contributed by atoms with Crippen LogP contribution < -0.4 is 5.32 Å². The van der Waals surface area contributed by atoms with E-state index in [0.29, 0.717) is 26.3 Å². The molecule has 0 radical (unpaired) electrons. The van der Waals surface area contributed by atoms with E-state index in [1.54, 1.807) is 49.4 Å². The van der Waals surface area contributed by atoms with E-state index in [1.807, 2.05) is 19.1 Å². The Morgan fingerprint density at radius 1 is 1.00 bits per heavy atom. The van der Waals surface area contributed by atoms with Crippen molar-refractivity contribution in [3.05, 3.63) is 110 Å². The summed E-state index contributed by atoms with van der Waals surface area (Å²) in [6.07, 6.45) is -0.757. The summed E-state index contributed by atoms with van der Waals surface area (Å²) < 4.78 is 6.11. The topological polar surface area (TPSA) is 104 Å². The highest BCUT2D eigenvalue weighted by Gasteiger charge is 2.26. The maximum absolute atomic E-state index is 12.8. The van der Waals surface area contributed by atoms with Gasteiger partial charge in [-0.2, -0.15) is 5.10 Å². The molecule has 2 atom stereocenters. The first kappa shape index (κ1) is 27.7. The third-order valence-electron chi connectivity index (χ3n) is 6.09. The number of aromatic nitrogens is 2. The largest absolute Gasteiger partial charge is 0.478 e. The van der Waals surface area contributed by atoms with Crippen LogP contribution in [0.2, 0.25) is 15.1 Å². The number of rotatable bonds is 9. The van der Waals surface area contributed by atoms with E-state index < -0.39 is 12.1 Å². The molecule has 0 bridgehead atoms. The zero-order chi connectivity index (χ0) is 27.4. The van der Waals surface area contributed by atoms with Gasteiger partial charge in [-0.05, 0) is 61.4 Å². The number of ether oxygens (including phenoxy) is 1. The third kappa shape index (κ3) is 6.37. The van der Waals surface area contributed by atoms with Crippen molar-refractivity contribution in [1.82, 2.24) is 15.5 Å². The first-order chi connectivity index (χ1) is 18.1. The van der Waals surface area contributed by atoms with Crippen LogP contribution in [0, 0.1) is 6.92 Å². The molecular weight excluding hydrogens is 549 g/mol. The maximum Gasteiger partial charge on any atom is 0.335 e. The zero-order valence-corrected chi connectivity index (χ0v) is 22.7. The Labute approximate surface area is 234 Å². The number of carbonyl (C=O) groups excluding carboxylic acids is 1. The fourth-order valence-corrected chi connectivity index (χ4v) is 4.67. The van der Waals surface area contributed by atoms with E-state index in [0.717, 1.165) is 22.4 Å². The Hall–Kier alpha value is -3.36. The number of nitrogens with one attached hydrogen (secondary N) is 2. The predicted octanol–water partition coefficient (Wildman–Crippen LogP) is 7.03. The summed E-state index contributed by atoms with van der Waals surface area (Å²) >= 11 is 18.7. The Balaban J connectivity index is 1.55. The fraction of sp³-hybridized carbons (Fsp3) is 0.179. The number of amides is 1. The van der Waals surface area contributed by atoms with E-state index in [1.165, 1.54) is 12.1 Å². The molecule has 1 amide bonds. The van der Waals surface area contributed by atoms with Crippen LogP contribution in [0.4, 0.5) is 0 Å². The van der Waals surface area contributed by atoms with Crippen molar-refractivity contribution < 1.29 is 19.4 Å². The van der Waals surface area contributed by atoms with Gasteiger partial charge in [0.25, 0.3) is 0 Å². The van der Waals surface area contributed by atoms with Crippen LogP contribution in [0.5, 0.6) is 0 Å². The van der Waals surface area contributed by atoms with E-state index in [9.17, 15) is 9.59 Å². The molecule has 2 unspecified atom stereocenters. The van der Waals surface area contributed by atoms with Crippen LogP contribution >= 0.6 is 34.8 Å². The number of H-pyrrole nitrogens is 1. The van der Waals surface area contributed by atoms with Gasteiger partial charge in [0, 0.05) is 26.2 Å². The van der Waals surface area contributed by atoms with Crippen LogP contribution in [-0.4, -0.2) is 33.8 Å². The van der Waals surface area contributed by atoms with E-state index in [4.69, 9.17) is 44.6 Å². The highest BCUT2D eigenvalue weighted by atomic mass is 35.5. The standard InChI is InChI=1S/C28H24Cl3N3O4/c1-15-25(18-7-9-20(29)10-8-18)33-34-26(15)27(22-12-11-21(30)13-23(22)31)38-14-24(35)32-16(2)17-3-5-19(6-4-17)28(36)37/h3-13,16,27H,14H2,1-2H3,(H,32,35)(H,33,34)(H,36,37). The molecule has 1 aromatic heterocycles. The van der Waals surface area contributed by atoms with Gasteiger partial charge in [0.2, 0.25) is 5.91 Å². The van der Waals surface area contributed by atoms with E-state index in [2.05, 4.69) is 15.5 Å². The molecule has 1 heterocycles. The van der Waals surface area contributed by atoms with Gasteiger partial charge < -0.3 is 15.2 Å². The Kier molecular flexibility index (Phi) is 8.74. The average molecular weight is 573 g/mol. The highest BCUT2D eigenvalue weighted by Crippen LogP contribution is 2.36. The number of carboxylic acids is 1. The molecule has 0 spiro atoms. The van der Waals surface area contributed by atoms with Gasteiger partial charge in [-0.1, -0.05) is 65.1 Å². The SMILES string of the molecule is Cc1c(C(OCC(=O)NC(C)c2ccc(C(=O)O)cc2)c2ccc(Cl)cc2Cl)n[nH]c1-c1ccc(Cl)cc1. The van der Waals surface area contributed by atoms with Crippen LogP contribution in [0.25, 0.3) is 11.3 Å². The van der Waals surface area contributed by atoms with Gasteiger partial charge in [-0.15, -0.1) is 0 Å². The summed E-state index contributed by atoms with van der Waals surface area (Å²) in [7, 11) is 0. The van der Waals surface area contributed by atoms with Gasteiger partial charge in [0.1, 0.15) is 12.7 Å². The van der Waals surface area contributed by atoms with Crippen molar-refractivity contribution in [2.24, 2.45) is 0 Å². The summed E-state index contributed by atoms with van der Waals surface area (Å²) in [5, 5.41) is 21.0. The second kappa shape index (κ2) is 12.0. The summed E-state index contributed by atoms with van der Waals surface area (Å²) in [5.41, 5.74) is 4.63. The Bertz CT molecular complexity index is 1450. The number of carbonyl (C=O) groups is 2. The average Bonchev–Trinajstić information content (AvgIpc) is 3.26. The normalized spacial score (nSPS) is 12.7. The van der Waals surface area contributed by atoms with Crippen LogP contribution in [0.15, 0.2) is 66.7 Å². The molecule has 0 saturated heterocycles. The first-order valence-electron chi connectivity index (χ1n) is 11.6. The minimum Gasteiger partial charge on any atom is -0.478 e. The smallest absolute Gasteiger partial charge is 0.335 e. The van der Waals surface area contributed by atoms with Crippen molar-refractivity contribution >= 4 is 46.7 Å². The van der Waals surface area contributed by atoms with Crippen LogP contribution in [0.1, 0.15) is 51.8 Å². The minimum absolute atomic E-state index is 0.172. The second-order valence-corrected chi connectivity index (χ2v) is 9.97. The lowest BCUT2D eigenvalue weighted by atomic mass is 10.0. The molecule has 0 fully saturated rings. The maximum atomic E-state index is 12.8.